The zero-order valence-electron chi connectivity index (χ0n) is 40.1. The summed E-state index contributed by atoms with van der Waals surface area (Å²) in [6.45, 7) is 4.67. The van der Waals surface area contributed by atoms with Crippen LogP contribution in [-0.2, 0) is 18.4 Å². The quantitative estimate of drug-likeness (QED) is 0.0244. The van der Waals surface area contributed by atoms with Crippen molar-refractivity contribution in [2.45, 2.75) is 212 Å². The number of carbonyl (C=O) groups is 1. The number of unbranched alkanes of at least 4 members (excludes halogenated alkanes) is 21. The number of hydrogen-bond donors (Lipinski definition) is 3. The van der Waals surface area contributed by atoms with E-state index in [2.05, 4.69) is 79.9 Å². The van der Waals surface area contributed by atoms with E-state index in [-0.39, 0.29) is 19.1 Å². The summed E-state index contributed by atoms with van der Waals surface area (Å²) < 4.78 is 23.6. The number of hydrogen-bond acceptors (Lipinski definition) is 5. The van der Waals surface area contributed by atoms with Crippen molar-refractivity contribution in [3.8, 4) is 0 Å². The van der Waals surface area contributed by atoms with Crippen LogP contribution < -0.4 is 5.32 Å². The van der Waals surface area contributed by atoms with E-state index in [1.54, 1.807) is 6.08 Å². The van der Waals surface area contributed by atoms with Crippen LogP contribution in [-0.4, -0.2) is 73.4 Å². The molecular formula is C52H96N2O6P+. The lowest BCUT2D eigenvalue weighted by Gasteiger charge is -2.25. The van der Waals surface area contributed by atoms with Crippen LogP contribution >= 0.6 is 7.82 Å². The van der Waals surface area contributed by atoms with Crippen LogP contribution in [0.1, 0.15) is 200 Å². The second-order valence-electron chi connectivity index (χ2n) is 17.8. The normalized spacial score (nSPS) is 14.8. The Morgan fingerprint density at radius 1 is 0.574 bits per heavy atom. The number of nitrogens with one attached hydrogen (secondary N) is 1. The van der Waals surface area contributed by atoms with E-state index >= 15 is 0 Å². The molecular weight excluding hydrogens is 780 g/mol. The minimum Gasteiger partial charge on any atom is -0.387 e. The van der Waals surface area contributed by atoms with E-state index in [1.165, 1.54) is 109 Å². The second kappa shape index (κ2) is 43.2. The van der Waals surface area contributed by atoms with Crippen LogP contribution in [0.3, 0.4) is 0 Å². The second-order valence-corrected chi connectivity index (χ2v) is 19.3. The minimum atomic E-state index is -4.36. The van der Waals surface area contributed by atoms with Crippen LogP contribution in [0.4, 0.5) is 0 Å². The number of phosphoric ester groups is 1. The molecule has 0 aliphatic rings. The average Bonchev–Trinajstić information content (AvgIpc) is 3.21. The van der Waals surface area contributed by atoms with Crippen LogP contribution in [0.15, 0.2) is 72.9 Å². The Morgan fingerprint density at radius 2 is 1.00 bits per heavy atom. The van der Waals surface area contributed by atoms with Gasteiger partial charge in [0.15, 0.2) is 0 Å². The van der Waals surface area contributed by atoms with Gasteiger partial charge >= 0.3 is 7.82 Å². The Labute approximate surface area is 376 Å². The lowest BCUT2D eigenvalue weighted by atomic mass is 10.0. The van der Waals surface area contributed by atoms with Gasteiger partial charge in [-0.1, -0.05) is 196 Å². The number of nitrogens with zero attached hydrogens (tertiary/aromatic N) is 1. The lowest BCUT2D eigenvalue weighted by Crippen LogP contribution is -2.45. The zero-order chi connectivity index (χ0) is 45.0. The summed E-state index contributed by atoms with van der Waals surface area (Å²) in [5, 5.41) is 13.9. The molecule has 0 spiro atoms. The van der Waals surface area contributed by atoms with E-state index in [4.69, 9.17) is 9.05 Å². The van der Waals surface area contributed by atoms with Crippen molar-refractivity contribution in [1.29, 1.82) is 0 Å². The number of rotatable bonds is 44. The van der Waals surface area contributed by atoms with Crippen LogP contribution in [0, 0.1) is 0 Å². The molecule has 0 aliphatic heterocycles. The van der Waals surface area contributed by atoms with Gasteiger partial charge in [0.1, 0.15) is 13.2 Å². The SMILES string of the molecule is CC/C=C\C/C=C\C/C=C\C/C=C\CCCCCCCCCCC(=O)NC(COP(=O)(O)OCC[N+](C)(C)C)C(O)/C=C/CC/C=C/CCCCCCCCCCCCCC. The van der Waals surface area contributed by atoms with Gasteiger partial charge in [0.25, 0.3) is 0 Å². The molecule has 0 heterocycles. The third-order valence-corrected chi connectivity index (χ3v) is 11.6. The molecule has 0 fully saturated rings. The first-order valence-corrected chi connectivity index (χ1v) is 26.3. The standard InChI is InChI=1S/C52H95N2O6P/c1-6-8-10-12-14-16-18-20-22-24-26-27-28-30-32-34-36-38-40-42-44-46-52(56)53-50(49-60-61(57,58)59-48-47-54(3,4)5)51(55)45-43-41-39-37-35-33-31-29-25-23-21-19-17-15-13-11-9-7-2/h8,10,14,16,20,22,26-27,35,37,43,45,50-51,55H,6-7,9,11-13,15,17-19,21,23-25,28-34,36,38-42,44,46-49H2,1-5H3,(H-,53,56,57,58)/p+1/b10-8-,16-14-,22-20-,27-26-,37-35+,45-43+. The molecule has 0 bridgehead atoms. The summed E-state index contributed by atoms with van der Waals surface area (Å²) in [5.74, 6) is -0.198. The maximum atomic E-state index is 12.9. The lowest BCUT2D eigenvalue weighted by molar-refractivity contribution is -0.870. The number of phosphoric acid groups is 1. The minimum absolute atomic E-state index is 0.0512. The van der Waals surface area contributed by atoms with Crippen molar-refractivity contribution in [1.82, 2.24) is 5.32 Å². The largest absolute Gasteiger partial charge is 0.472 e. The van der Waals surface area contributed by atoms with E-state index < -0.39 is 20.0 Å². The number of likely N-dealkylation sites (N-methyl/N-ethyl adjacent to an activating group) is 1. The highest BCUT2D eigenvalue weighted by Crippen LogP contribution is 2.43. The van der Waals surface area contributed by atoms with E-state index in [1.807, 2.05) is 27.2 Å². The molecule has 354 valence electrons. The van der Waals surface area contributed by atoms with Crippen LogP contribution in [0.25, 0.3) is 0 Å². The molecule has 0 aliphatic carbocycles. The van der Waals surface area contributed by atoms with Gasteiger partial charge in [-0.25, -0.2) is 4.57 Å². The van der Waals surface area contributed by atoms with Gasteiger partial charge in [-0.3, -0.25) is 13.8 Å². The molecule has 0 aromatic heterocycles. The summed E-state index contributed by atoms with van der Waals surface area (Å²) in [4.78, 5) is 23.2. The first kappa shape index (κ1) is 58.9. The molecule has 9 heteroatoms. The first-order valence-electron chi connectivity index (χ1n) is 24.8. The Kier molecular flexibility index (Phi) is 41.7. The number of carbonyl (C=O) groups excluding carboxylic acids is 1. The number of aliphatic hydroxyl groups is 1. The number of aliphatic hydroxyl groups excluding tert-OH is 1. The first-order chi connectivity index (χ1) is 29.5. The van der Waals surface area contributed by atoms with E-state index in [0.717, 1.165) is 70.6 Å². The predicted octanol–water partition coefficient (Wildman–Crippen LogP) is 14.4. The molecule has 8 nitrogen and oxygen atoms in total. The van der Waals surface area contributed by atoms with E-state index in [0.29, 0.717) is 17.4 Å². The Hall–Kier alpha value is -2.06. The van der Waals surface area contributed by atoms with Gasteiger partial charge in [0.05, 0.1) is 39.9 Å². The smallest absolute Gasteiger partial charge is 0.387 e. The third-order valence-electron chi connectivity index (χ3n) is 10.7. The highest BCUT2D eigenvalue weighted by Gasteiger charge is 2.27. The third kappa shape index (κ3) is 45.8. The van der Waals surface area contributed by atoms with Gasteiger partial charge in [0, 0.05) is 6.42 Å². The van der Waals surface area contributed by atoms with Crippen molar-refractivity contribution in [2.24, 2.45) is 0 Å². The van der Waals surface area contributed by atoms with Crippen LogP contribution in [0.2, 0.25) is 0 Å². The molecule has 0 aromatic rings. The Bertz CT molecular complexity index is 1220. The Balaban J connectivity index is 4.41. The summed E-state index contributed by atoms with van der Waals surface area (Å²) in [5.41, 5.74) is 0. The van der Waals surface area contributed by atoms with Crippen molar-refractivity contribution >= 4 is 13.7 Å². The molecule has 61 heavy (non-hydrogen) atoms. The molecule has 0 aromatic carbocycles. The van der Waals surface area contributed by atoms with Gasteiger partial charge in [-0.2, -0.15) is 0 Å². The topological polar surface area (TPSA) is 105 Å². The molecule has 0 saturated heterocycles. The zero-order valence-corrected chi connectivity index (χ0v) is 41.0. The van der Waals surface area contributed by atoms with E-state index in [9.17, 15) is 19.4 Å². The summed E-state index contributed by atoms with van der Waals surface area (Å²) in [6.07, 6.45) is 58.3. The molecule has 3 atom stereocenters. The summed E-state index contributed by atoms with van der Waals surface area (Å²) in [7, 11) is 1.54. The number of allylic oxidation sites excluding steroid dienone is 11. The molecule has 1 amide bonds. The van der Waals surface area contributed by atoms with Crippen molar-refractivity contribution in [3.05, 3.63) is 72.9 Å². The maximum absolute atomic E-state index is 12.9. The maximum Gasteiger partial charge on any atom is 0.472 e. The molecule has 0 saturated carbocycles. The fraction of sp³-hybridized carbons (Fsp3) is 0.750. The van der Waals surface area contributed by atoms with Gasteiger partial charge in [-0.05, 0) is 70.6 Å². The van der Waals surface area contributed by atoms with Crippen molar-refractivity contribution < 1.29 is 32.9 Å². The monoisotopic (exact) mass is 876 g/mol. The highest BCUT2D eigenvalue weighted by molar-refractivity contribution is 7.47. The Morgan fingerprint density at radius 3 is 1.51 bits per heavy atom. The van der Waals surface area contributed by atoms with Crippen LogP contribution in [0.5, 0.6) is 0 Å². The fourth-order valence-electron chi connectivity index (χ4n) is 6.75. The van der Waals surface area contributed by atoms with Gasteiger partial charge < -0.3 is 19.8 Å². The van der Waals surface area contributed by atoms with Gasteiger partial charge in [0.2, 0.25) is 5.91 Å². The highest BCUT2D eigenvalue weighted by atomic mass is 31.2. The van der Waals surface area contributed by atoms with Gasteiger partial charge in [-0.15, -0.1) is 0 Å². The molecule has 3 unspecified atom stereocenters. The fourth-order valence-corrected chi connectivity index (χ4v) is 7.49. The molecule has 3 N–H and O–H groups in total. The van der Waals surface area contributed by atoms with Crippen molar-refractivity contribution in [3.63, 3.8) is 0 Å². The summed E-state index contributed by atoms with van der Waals surface area (Å²) in [6, 6.07) is -0.871. The average molecular weight is 876 g/mol. The molecule has 0 rings (SSSR count). The molecule has 0 radical (unpaired) electrons. The van der Waals surface area contributed by atoms with Crippen molar-refractivity contribution in [2.75, 3.05) is 40.9 Å². The summed E-state index contributed by atoms with van der Waals surface area (Å²) >= 11 is 0. The number of quaternary nitrogens is 1. The number of amides is 1. The predicted molar refractivity (Wildman–Crippen MR) is 263 cm³/mol.